The molecule has 1 aliphatic rings. The second kappa shape index (κ2) is 5.97. The van der Waals surface area contributed by atoms with Crippen LogP contribution in [0.5, 0.6) is 0 Å². The Morgan fingerprint density at radius 2 is 2.08 bits per heavy atom. The zero-order chi connectivity index (χ0) is 9.52. The van der Waals surface area contributed by atoms with Crippen molar-refractivity contribution in [2.24, 2.45) is 0 Å². The summed E-state index contributed by atoms with van der Waals surface area (Å²) in [6.07, 6.45) is 8.45. The van der Waals surface area contributed by atoms with Crippen molar-refractivity contribution in [2.45, 2.75) is 57.7 Å². The fourth-order valence-corrected chi connectivity index (χ4v) is 1.92. The van der Waals surface area contributed by atoms with Gasteiger partial charge in [0.25, 0.3) is 0 Å². The maximum atomic E-state index is 10.3. The fraction of sp³-hybridized carbons (Fsp3) is 0.900. The van der Waals surface area contributed by atoms with Crippen LogP contribution in [0.1, 0.15) is 45.4 Å². The normalized spacial score (nSPS) is 21.0. The van der Waals surface area contributed by atoms with Crippen LogP contribution in [0, 0.1) is 0 Å². The molecule has 2 N–H and O–H groups in total. The standard InChI is InChI=1S/C10H20N2O/c1-2-10(11-8-13)12-9-6-4-3-5-7-9/h8-10,12H,2-7H2,1H3,(H,11,13). The second-order valence-corrected chi connectivity index (χ2v) is 3.75. The SMILES string of the molecule is CCC(NC=O)NC1CCCCC1. The van der Waals surface area contributed by atoms with E-state index < -0.39 is 0 Å². The third-order valence-corrected chi connectivity index (χ3v) is 2.72. The molecule has 13 heavy (non-hydrogen) atoms. The lowest BCUT2D eigenvalue weighted by molar-refractivity contribution is -0.110. The summed E-state index contributed by atoms with van der Waals surface area (Å²) < 4.78 is 0. The molecule has 3 nitrogen and oxygen atoms in total. The van der Waals surface area contributed by atoms with E-state index >= 15 is 0 Å². The molecule has 1 fully saturated rings. The highest BCUT2D eigenvalue weighted by molar-refractivity contribution is 5.46. The molecular weight excluding hydrogens is 164 g/mol. The highest BCUT2D eigenvalue weighted by Crippen LogP contribution is 2.17. The van der Waals surface area contributed by atoms with Crippen LogP contribution in [0.2, 0.25) is 0 Å². The van der Waals surface area contributed by atoms with Crippen molar-refractivity contribution in [1.29, 1.82) is 0 Å². The van der Waals surface area contributed by atoms with Crippen LogP contribution in [-0.2, 0) is 4.79 Å². The van der Waals surface area contributed by atoms with Crippen LogP contribution in [0.25, 0.3) is 0 Å². The first-order valence-corrected chi connectivity index (χ1v) is 5.32. The maximum absolute atomic E-state index is 10.3. The largest absolute Gasteiger partial charge is 0.343 e. The summed E-state index contributed by atoms with van der Waals surface area (Å²) in [6.45, 7) is 2.08. The van der Waals surface area contributed by atoms with E-state index in [4.69, 9.17) is 0 Å². The molecule has 1 rings (SSSR count). The minimum atomic E-state index is 0.167. The third-order valence-electron chi connectivity index (χ3n) is 2.72. The Balaban J connectivity index is 2.22. The minimum Gasteiger partial charge on any atom is -0.343 e. The van der Waals surface area contributed by atoms with Crippen molar-refractivity contribution >= 4 is 6.41 Å². The Morgan fingerprint density at radius 1 is 1.38 bits per heavy atom. The molecule has 0 heterocycles. The highest BCUT2D eigenvalue weighted by atomic mass is 16.1. The number of nitrogens with one attached hydrogen (secondary N) is 2. The zero-order valence-electron chi connectivity index (χ0n) is 8.38. The average Bonchev–Trinajstić information content (AvgIpc) is 2.19. The number of amides is 1. The van der Waals surface area contributed by atoms with Gasteiger partial charge in [0, 0.05) is 6.04 Å². The molecule has 3 heteroatoms. The molecule has 1 atom stereocenters. The molecule has 1 unspecified atom stereocenters. The van der Waals surface area contributed by atoms with Crippen LogP contribution in [-0.4, -0.2) is 18.6 Å². The van der Waals surface area contributed by atoms with E-state index in [0.717, 1.165) is 12.8 Å². The lowest BCUT2D eigenvalue weighted by atomic mass is 9.95. The van der Waals surface area contributed by atoms with E-state index in [1.165, 1.54) is 32.1 Å². The first-order valence-electron chi connectivity index (χ1n) is 5.32. The van der Waals surface area contributed by atoms with E-state index in [0.29, 0.717) is 6.04 Å². The average molecular weight is 184 g/mol. The zero-order valence-corrected chi connectivity index (χ0v) is 8.38. The van der Waals surface area contributed by atoms with Gasteiger partial charge in [0.15, 0.2) is 0 Å². The summed E-state index contributed by atoms with van der Waals surface area (Å²) in [6, 6.07) is 0.617. The Kier molecular flexibility index (Phi) is 4.83. The number of carbonyl (C=O) groups excluding carboxylic acids is 1. The second-order valence-electron chi connectivity index (χ2n) is 3.75. The van der Waals surface area contributed by atoms with E-state index in [-0.39, 0.29) is 6.17 Å². The number of carbonyl (C=O) groups is 1. The van der Waals surface area contributed by atoms with E-state index in [1.54, 1.807) is 0 Å². The van der Waals surface area contributed by atoms with Crippen molar-refractivity contribution in [3.8, 4) is 0 Å². The molecule has 0 saturated heterocycles. The smallest absolute Gasteiger partial charge is 0.208 e. The van der Waals surface area contributed by atoms with Crippen LogP contribution in [0.15, 0.2) is 0 Å². The van der Waals surface area contributed by atoms with Gasteiger partial charge < -0.3 is 5.32 Å². The van der Waals surface area contributed by atoms with Crippen LogP contribution < -0.4 is 10.6 Å². The maximum Gasteiger partial charge on any atom is 0.208 e. The van der Waals surface area contributed by atoms with Gasteiger partial charge in [-0.25, -0.2) is 0 Å². The van der Waals surface area contributed by atoms with Gasteiger partial charge in [-0.05, 0) is 19.3 Å². The summed E-state index contributed by atoms with van der Waals surface area (Å²) in [5.41, 5.74) is 0. The molecule has 0 aromatic rings. The van der Waals surface area contributed by atoms with Gasteiger partial charge in [0.05, 0.1) is 6.17 Å². The molecule has 76 valence electrons. The molecule has 0 aliphatic heterocycles. The van der Waals surface area contributed by atoms with Gasteiger partial charge >= 0.3 is 0 Å². The summed E-state index contributed by atoms with van der Waals surface area (Å²) in [5.74, 6) is 0. The predicted octanol–water partition coefficient (Wildman–Crippen LogP) is 1.39. The Labute approximate surface area is 80.3 Å². The predicted molar refractivity (Wildman–Crippen MR) is 53.3 cm³/mol. The van der Waals surface area contributed by atoms with Gasteiger partial charge in [-0.3, -0.25) is 10.1 Å². The molecule has 0 spiro atoms. The Hall–Kier alpha value is -0.570. The van der Waals surface area contributed by atoms with Crippen LogP contribution in [0.3, 0.4) is 0 Å². The van der Waals surface area contributed by atoms with Gasteiger partial charge in [-0.1, -0.05) is 26.2 Å². The van der Waals surface area contributed by atoms with Gasteiger partial charge in [-0.2, -0.15) is 0 Å². The van der Waals surface area contributed by atoms with E-state index in [9.17, 15) is 4.79 Å². The van der Waals surface area contributed by atoms with Crippen molar-refractivity contribution < 1.29 is 4.79 Å². The number of hydrogen-bond acceptors (Lipinski definition) is 2. The summed E-state index contributed by atoms with van der Waals surface area (Å²) in [5, 5.41) is 6.25. The van der Waals surface area contributed by atoms with Gasteiger partial charge in [0.2, 0.25) is 6.41 Å². The third kappa shape index (κ3) is 3.77. The fourth-order valence-electron chi connectivity index (χ4n) is 1.92. The monoisotopic (exact) mass is 184 g/mol. The molecule has 1 saturated carbocycles. The van der Waals surface area contributed by atoms with E-state index in [2.05, 4.69) is 17.6 Å². The summed E-state index contributed by atoms with van der Waals surface area (Å²) in [4.78, 5) is 10.3. The lowest BCUT2D eigenvalue weighted by Crippen LogP contribution is -2.47. The molecule has 0 bridgehead atoms. The van der Waals surface area contributed by atoms with Crippen molar-refractivity contribution in [2.75, 3.05) is 0 Å². The molecule has 1 amide bonds. The minimum absolute atomic E-state index is 0.167. The van der Waals surface area contributed by atoms with Crippen LogP contribution >= 0.6 is 0 Å². The Morgan fingerprint density at radius 3 is 2.62 bits per heavy atom. The first kappa shape index (κ1) is 10.5. The van der Waals surface area contributed by atoms with Gasteiger partial charge in [0.1, 0.15) is 0 Å². The van der Waals surface area contributed by atoms with Crippen molar-refractivity contribution in [3.63, 3.8) is 0 Å². The number of rotatable bonds is 5. The Bertz CT molecular complexity index is 144. The summed E-state index contributed by atoms with van der Waals surface area (Å²) in [7, 11) is 0. The molecule has 1 aliphatic carbocycles. The first-order chi connectivity index (χ1) is 6.36. The van der Waals surface area contributed by atoms with E-state index in [1.807, 2.05) is 0 Å². The number of hydrogen-bond donors (Lipinski definition) is 2. The topological polar surface area (TPSA) is 41.1 Å². The van der Waals surface area contributed by atoms with Crippen molar-refractivity contribution in [1.82, 2.24) is 10.6 Å². The highest BCUT2D eigenvalue weighted by Gasteiger charge is 2.15. The van der Waals surface area contributed by atoms with Crippen molar-refractivity contribution in [3.05, 3.63) is 0 Å². The van der Waals surface area contributed by atoms with Gasteiger partial charge in [-0.15, -0.1) is 0 Å². The lowest BCUT2D eigenvalue weighted by Gasteiger charge is -2.27. The summed E-state index contributed by atoms with van der Waals surface area (Å²) >= 11 is 0. The molecular formula is C10H20N2O. The molecule has 0 radical (unpaired) electrons. The quantitative estimate of drug-likeness (QED) is 0.501. The molecule has 0 aromatic carbocycles. The molecule has 0 aromatic heterocycles. The van der Waals surface area contributed by atoms with Crippen LogP contribution in [0.4, 0.5) is 0 Å².